The van der Waals surface area contributed by atoms with E-state index in [4.69, 9.17) is 11.6 Å². The van der Waals surface area contributed by atoms with Crippen LogP contribution in [0.1, 0.15) is 31.2 Å². The lowest BCUT2D eigenvalue weighted by Crippen LogP contribution is -2.23. The van der Waals surface area contributed by atoms with E-state index < -0.39 is 15.9 Å². The van der Waals surface area contributed by atoms with E-state index in [-0.39, 0.29) is 23.9 Å². The minimum absolute atomic E-state index is 0.0715. The monoisotopic (exact) mass is 350 g/mol. The van der Waals surface area contributed by atoms with Gasteiger partial charge in [0.15, 0.2) is 0 Å². The highest BCUT2D eigenvalue weighted by atomic mass is 35.5. The smallest absolute Gasteiger partial charge is 0.248 e. The molecule has 0 radical (unpaired) electrons. The Hall–Kier alpha value is -1.21. The maximum Gasteiger partial charge on any atom is 0.248 e. The maximum atomic E-state index is 13.1. The molecule has 0 aliphatic heterocycles. The fraction of sp³-hybridized carbons (Fsp3) is 0.500. The van der Waals surface area contributed by atoms with Crippen LogP contribution in [-0.2, 0) is 10.0 Å². The normalized spacial score (nSPS) is 19.5. The number of anilines is 1. The van der Waals surface area contributed by atoms with Gasteiger partial charge in [-0.15, -0.1) is 0 Å². The quantitative estimate of drug-likeness (QED) is 0.836. The second kappa shape index (κ2) is 6.50. The number of rotatable bonds is 4. The first kappa shape index (κ1) is 17.1. The molecule has 0 unspecified atom stereocenters. The summed E-state index contributed by atoms with van der Waals surface area (Å²) in [4.78, 5) is 3.92. The van der Waals surface area contributed by atoms with Crippen molar-refractivity contribution >= 4 is 33.4 Å². The highest BCUT2D eigenvalue weighted by Gasteiger charge is 2.33. The summed E-state index contributed by atoms with van der Waals surface area (Å²) in [5.74, 6) is -2.48. The number of pyridine rings is 1. The minimum Gasteiger partial charge on any atom is -0.282 e. The zero-order valence-electron chi connectivity index (χ0n) is 12.0. The van der Waals surface area contributed by atoms with Crippen molar-refractivity contribution in [3.63, 3.8) is 0 Å². The van der Waals surface area contributed by atoms with Gasteiger partial charge in [0, 0.05) is 18.4 Å². The third-order valence-corrected chi connectivity index (χ3v) is 4.40. The zero-order valence-corrected chi connectivity index (χ0v) is 13.6. The summed E-state index contributed by atoms with van der Waals surface area (Å²) in [5.41, 5.74) is 0.856. The first-order chi connectivity index (χ1) is 10.1. The highest BCUT2D eigenvalue weighted by Crippen LogP contribution is 2.37. The Morgan fingerprint density at radius 2 is 2.05 bits per heavy atom. The van der Waals surface area contributed by atoms with E-state index in [9.17, 15) is 17.2 Å². The molecule has 1 N–H and O–H groups in total. The van der Waals surface area contributed by atoms with Crippen molar-refractivity contribution < 1.29 is 17.2 Å². The Morgan fingerprint density at radius 3 is 2.64 bits per heavy atom. The van der Waals surface area contributed by atoms with E-state index in [0.29, 0.717) is 24.1 Å². The highest BCUT2D eigenvalue weighted by molar-refractivity contribution is 7.92. The number of halogens is 3. The van der Waals surface area contributed by atoms with Gasteiger partial charge in [-0.05, 0) is 24.8 Å². The van der Waals surface area contributed by atoms with Crippen LogP contribution in [0.4, 0.5) is 14.5 Å². The summed E-state index contributed by atoms with van der Waals surface area (Å²) in [6.07, 6.45) is 6.54. The maximum absolute atomic E-state index is 13.1. The van der Waals surface area contributed by atoms with Crippen LogP contribution in [0.2, 0.25) is 5.15 Å². The Kier molecular flexibility index (Phi) is 5.07. The number of sulfonamides is 1. The molecule has 2 rings (SSSR count). The minimum atomic E-state index is -3.40. The van der Waals surface area contributed by atoms with Gasteiger partial charge in [-0.25, -0.2) is 22.2 Å². The molecule has 122 valence electrons. The molecule has 1 aromatic heterocycles. The van der Waals surface area contributed by atoms with Crippen molar-refractivity contribution in [3.05, 3.63) is 29.1 Å². The molecule has 0 saturated heterocycles. The van der Waals surface area contributed by atoms with E-state index in [1.54, 1.807) is 12.1 Å². The predicted molar refractivity (Wildman–Crippen MR) is 83.7 cm³/mol. The molecule has 4 nitrogen and oxygen atoms in total. The van der Waals surface area contributed by atoms with Crippen LogP contribution in [-0.4, -0.2) is 25.6 Å². The molecule has 0 spiro atoms. The zero-order chi connectivity index (χ0) is 16.4. The lowest BCUT2D eigenvalue weighted by molar-refractivity contribution is -0.0410. The molecule has 0 aromatic carbocycles. The largest absolute Gasteiger partial charge is 0.282 e. The average molecular weight is 351 g/mol. The van der Waals surface area contributed by atoms with E-state index in [2.05, 4.69) is 9.71 Å². The number of allylic oxidation sites excluding steroid dienone is 1. The van der Waals surface area contributed by atoms with Crippen LogP contribution >= 0.6 is 11.6 Å². The second-order valence-electron chi connectivity index (χ2n) is 5.53. The van der Waals surface area contributed by atoms with E-state index >= 15 is 0 Å². The van der Waals surface area contributed by atoms with Gasteiger partial charge >= 0.3 is 0 Å². The molecule has 0 bridgehead atoms. The van der Waals surface area contributed by atoms with Crippen molar-refractivity contribution in [2.75, 3.05) is 11.0 Å². The summed E-state index contributed by atoms with van der Waals surface area (Å²) in [6.45, 7) is 0. The van der Waals surface area contributed by atoms with Crippen LogP contribution in [0.25, 0.3) is 6.08 Å². The van der Waals surface area contributed by atoms with Gasteiger partial charge in [0.1, 0.15) is 5.15 Å². The van der Waals surface area contributed by atoms with Crippen LogP contribution in [0.5, 0.6) is 0 Å². The molecule has 8 heteroatoms. The van der Waals surface area contributed by atoms with Gasteiger partial charge in [-0.1, -0.05) is 23.8 Å². The van der Waals surface area contributed by atoms with E-state index in [1.807, 2.05) is 6.08 Å². The van der Waals surface area contributed by atoms with Crippen molar-refractivity contribution in [1.82, 2.24) is 4.98 Å². The molecule has 1 aliphatic carbocycles. The number of alkyl halides is 2. The average Bonchev–Trinajstić information content (AvgIpc) is 2.39. The summed E-state index contributed by atoms with van der Waals surface area (Å²) >= 11 is 5.97. The van der Waals surface area contributed by atoms with Gasteiger partial charge in [-0.2, -0.15) is 0 Å². The van der Waals surface area contributed by atoms with Crippen LogP contribution in [0.3, 0.4) is 0 Å². The van der Waals surface area contributed by atoms with Gasteiger partial charge in [0.25, 0.3) is 0 Å². The van der Waals surface area contributed by atoms with Gasteiger partial charge in [-0.3, -0.25) is 4.72 Å². The summed E-state index contributed by atoms with van der Waals surface area (Å²) in [6, 6.07) is 1.56. The number of hydrogen-bond donors (Lipinski definition) is 1. The molecule has 1 aliphatic rings. The van der Waals surface area contributed by atoms with Gasteiger partial charge in [0.2, 0.25) is 15.9 Å². The molecular formula is C14H17ClF2N2O2S. The fourth-order valence-electron chi connectivity index (χ4n) is 2.35. The summed E-state index contributed by atoms with van der Waals surface area (Å²) < 4.78 is 50.9. The Bertz CT molecular complexity index is 667. The number of nitrogens with one attached hydrogen (secondary N) is 1. The molecule has 1 fully saturated rings. The standard InChI is InChI=1S/C14H17ClF2N2O2S/c1-22(20,21)19-12-8-11(13(15)18-9-12)3-2-10-4-6-14(16,17)7-5-10/h2-3,8-10,19H,4-7H2,1H3. The fourth-order valence-corrected chi connectivity index (χ4v) is 3.05. The van der Waals surface area contributed by atoms with Crippen molar-refractivity contribution in [1.29, 1.82) is 0 Å². The summed E-state index contributed by atoms with van der Waals surface area (Å²) in [7, 11) is -3.40. The number of hydrogen-bond acceptors (Lipinski definition) is 3. The lowest BCUT2D eigenvalue weighted by Gasteiger charge is -2.26. The molecule has 1 aromatic rings. The van der Waals surface area contributed by atoms with Crippen molar-refractivity contribution in [3.8, 4) is 0 Å². The first-order valence-corrected chi connectivity index (χ1v) is 9.11. The number of aromatic nitrogens is 1. The Morgan fingerprint density at radius 1 is 1.41 bits per heavy atom. The van der Waals surface area contributed by atoms with E-state index in [1.165, 1.54) is 6.20 Å². The molecule has 1 saturated carbocycles. The molecule has 0 amide bonds. The first-order valence-electron chi connectivity index (χ1n) is 6.84. The van der Waals surface area contributed by atoms with Gasteiger partial charge in [0.05, 0.1) is 18.1 Å². The van der Waals surface area contributed by atoms with Crippen LogP contribution < -0.4 is 4.72 Å². The van der Waals surface area contributed by atoms with Crippen molar-refractivity contribution in [2.24, 2.45) is 5.92 Å². The Labute approximate surface area is 133 Å². The lowest BCUT2D eigenvalue weighted by atomic mass is 9.86. The topological polar surface area (TPSA) is 59.1 Å². The van der Waals surface area contributed by atoms with Crippen LogP contribution in [0.15, 0.2) is 18.3 Å². The molecule has 0 atom stereocenters. The molecule has 1 heterocycles. The van der Waals surface area contributed by atoms with Gasteiger partial charge < -0.3 is 0 Å². The molecule has 22 heavy (non-hydrogen) atoms. The number of nitrogens with zero attached hydrogens (tertiary/aromatic N) is 1. The summed E-state index contributed by atoms with van der Waals surface area (Å²) in [5, 5.41) is 0.233. The third-order valence-electron chi connectivity index (χ3n) is 3.48. The predicted octanol–water partition coefficient (Wildman–Crippen LogP) is 3.95. The molecular weight excluding hydrogens is 334 g/mol. The second-order valence-corrected chi connectivity index (χ2v) is 7.64. The SMILES string of the molecule is CS(=O)(=O)Nc1cnc(Cl)c(C=CC2CCC(F)(F)CC2)c1. The van der Waals surface area contributed by atoms with Crippen LogP contribution in [0, 0.1) is 5.92 Å². The van der Waals surface area contributed by atoms with E-state index in [0.717, 1.165) is 6.26 Å². The third kappa shape index (κ3) is 5.21. The van der Waals surface area contributed by atoms with Crippen molar-refractivity contribution in [2.45, 2.75) is 31.6 Å². The Balaban J connectivity index is 2.09.